The molecule has 0 bridgehead atoms. The van der Waals surface area contributed by atoms with E-state index in [2.05, 4.69) is 15.3 Å². The van der Waals surface area contributed by atoms with E-state index in [1.165, 1.54) is 0 Å². The van der Waals surface area contributed by atoms with Crippen molar-refractivity contribution in [2.75, 3.05) is 13.2 Å². The summed E-state index contributed by atoms with van der Waals surface area (Å²) in [5.74, 6) is 1.31. The van der Waals surface area contributed by atoms with Gasteiger partial charge >= 0.3 is 0 Å². The van der Waals surface area contributed by atoms with E-state index in [-0.39, 0.29) is 12.5 Å². The zero-order chi connectivity index (χ0) is 17.5. The predicted molar refractivity (Wildman–Crippen MR) is 94.1 cm³/mol. The molecule has 6 heteroatoms. The number of carbonyl (C=O) groups excluding carboxylic acids is 1. The first-order valence-electron chi connectivity index (χ1n) is 8.08. The molecule has 0 spiro atoms. The summed E-state index contributed by atoms with van der Waals surface area (Å²) in [5.41, 5.74) is 2.54. The smallest absolute Gasteiger partial charge is 0.257 e. The average Bonchev–Trinajstić information content (AvgIpc) is 3.07. The Morgan fingerprint density at radius 2 is 2.00 bits per heavy atom. The van der Waals surface area contributed by atoms with Crippen LogP contribution in [0.1, 0.15) is 17.8 Å². The number of amides is 1. The Balaban J connectivity index is 1.36. The number of rotatable bonds is 7. The fourth-order valence-corrected chi connectivity index (χ4v) is 2.43. The minimum atomic E-state index is -0.172. The molecule has 0 aliphatic heterocycles. The van der Waals surface area contributed by atoms with Gasteiger partial charge in [0.05, 0.1) is 22.7 Å². The molecule has 0 saturated carbocycles. The molecular weight excluding hydrogens is 316 g/mol. The van der Waals surface area contributed by atoms with Gasteiger partial charge in [0.1, 0.15) is 11.6 Å². The maximum absolute atomic E-state index is 11.8. The molecule has 1 amide bonds. The van der Waals surface area contributed by atoms with E-state index in [9.17, 15) is 4.79 Å². The van der Waals surface area contributed by atoms with Gasteiger partial charge in [-0.25, -0.2) is 4.98 Å². The Labute approximate surface area is 145 Å². The molecule has 0 radical (unpaired) electrons. The van der Waals surface area contributed by atoms with Gasteiger partial charge in [0.15, 0.2) is 6.61 Å². The number of hydrogen-bond donors (Lipinski definition) is 2. The van der Waals surface area contributed by atoms with Crippen molar-refractivity contribution in [1.82, 2.24) is 15.3 Å². The first kappa shape index (κ1) is 16.5. The topological polar surface area (TPSA) is 90.8 Å². The molecule has 0 fully saturated rings. The molecule has 1 aromatic heterocycles. The molecular formula is C19H18N4O2. The fourth-order valence-electron chi connectivity index (χ4n) is 2.43. The third kappa shape index (κ3) is 4.58. The standard InChI is InChI=1S/C19H18N4O2/c20-12-14-7-9-15(10-8-14)25-13-19(24)21-11-3-6-18-22-16-4-1-2-5-17(16)23-18/h1-2,4-5,7-10H,3,6,11,13H2,(H,21,24)(H,22,23). The molecule has 0 aliphatic carbocycles. The van der Waals surface area contributed by atoms with Gasteiger partial charge in [-0.1, -0.05) is 12.1 Å². The van der Waals surface area contributed by atoms with Crippen LogP contribution >= 0.6 is 0 Å². The lowest BCUT2D eigenvalue weighted by Gasteiger charge is -2.07. The van der Waals surface area contributed by atoms with Gasteiger partial charge < -0.3 is 15.0 Å². The SMILES string of the molecule is N#Cc1ccc(OCC(=O)NCCCc2nc3ccccc3[nH]2)cc1. The number of imidazole rings is 1. The lowest BCUT2D eigenvalue weighted by molar-refractivity contribution is -0.123. The molecule has 0 atom stereocenters. The molecule has 0 unspecified atom stereocenters. The van der Waals surface area contributed by atoms with Crippen molar-refractivity contribution < 1.29 is 9.53 Å². The van der Waals surface area contributed by atoms with E-state index >= 15 is 0 Å². The third-order valence-corrected chi connectivity index (χ3v) is 3.70. The molecule has 3 aromatic rings. The van der Waals surface area contributed by atoms with Crippen LogP contribution in [0.5, 0.6) is 5.75 Å². The van der Waals surface area contributed by atoms with Crippen molar-refractivity contribution in [3.05, 3.63) is 59.9 Å². The molecule has 3 rings (SSSR count). The Bertz CT molecular complexity index is 861. The number of aromatic amines is 1. The highest BCUT2D eigenvalue weighted by Gasteiger charge is 2.04. The number of nitrogens with zero attached hydrogens (tertiary/aromatic N) is 2. The van der Waals surface area contributed by atoms with Crippen LogP contribution in [0, 0.1) is 11.3 Å². The quantitative estimate of drug-likeness (QED) is 0.650. The summed E-state index contributed by atoms with van der Waals surface area (Å²) in [6.07, 6.45) is 1.56. The van der Waals surface area contributed by atoms with Crippen LogP contribution in [-0.4, -0.2) is 29.0 Å². The minimum Gasteiger partial charge on any atom is -0.484 e. The van der Waals surface area contributed by atoms with Crippen molar-refractivity contribution >= 4 is 16.9 Å². The Morgan fingerprint density at radius 1 is 1.20 bits per heavy atom. The monoisotopic (exact) mass is 334 g/mol. The van der Waals surface area contributed by atoms with Gasteiger partial charge in [-0.2, -0.15) is 5.26 Å². The molecule has 0 aliphatic rings. The van der Waals surface area contributed by atoms with Gasteiger partial charge in [-0.05, 0) is 42.8 Å². The fraction of sp³-hybridized carbons (Fsp3) is 0.211. The van der Waals surface area contributed by atoms with Gasteiger partial charge in [0, 0.05) is 13.0 Å². The minimum absolute atomic E-state index is 0.0451. The Morgan fingerprint density at radius 3 is 2.76 bits per heavy atom. The summed E-state index contributed by atoms with van der Waals surface area (Å²) in [7, 11) is 0. The van der Waals surface area contributed by atoms with E-state index in [4.69, 9.17) is 10.00 Å². The summed E-state index contributed by atoms with van der Waals surface area (Å²) in [4.78, 5) is 19.6. The number of benzene rings is 2. The highest BCUT2D eigenvalue weighted by atomic mass is 16.5. The number of hydrogen-bond acceptors (Lipinski definition) is 4. The molecule has 126 valence electrons. The van der Waals surface area contributed by atoms with Gasteiger partial charge in [0.25, 0.3) is 5.91 Å². The molecule has 1 heterocycles. The number of nitriles is 1. The zero-order valence-corrected chi connectivity index (χ0v) is 13.7. The lowest BCUT2D eigenvalue weighted by atomic mass is 10.2. The molecule has 25 heavy (non-hydrogen) atoms. The van der Waals surface area contributed by atoms with Gasteiger partial charge in [-0.3, -0.25) is 4.79 Å². The summed E-state index contributed by atoms with van der Waals surface area (Å²) in [5, 5.41) is 11.6. The first-order valence-corrected chi connectivity index (χ1v) is 8.08. The van der Waals surface area contributed by atoms with Crippen LogP contribution in [0.2, 0.25) is 0 Å². The maximum Gasteiger partial charge on any atom is 0.257 e. The van der Waals surface area contributed by atoms with Crippen LogP contribution in [0.3, 0.4) is 0 Å². The number of aryl methyl sites for hydroxylation is 1. The molecule has 0 saturated heterocycles. The van der Waals surface area contributed by atoms with E-state index in [1.54, 1.807) is 24.3 Å². The number of H-pyrrole nitrogens is 1. The number of para-hydroxylation sites is 2. The van der Waals surface area contributed by atoms with Crippen LogP contribution in [-0.2, 0) is 11.2 Å². The van der Waals surface area contributed by atoms with Crippen molar-refractivity contribution in [1.29, 1.82) is 5.26 Å². The predicted octanol–water partition coefficient (Wildman–Crippen LogP) is 2.56. The third-order valence-electron chi connectivity index (χ3n) is 3.70. The second-order valence-corrected chi connectivity index (χ2v) is 5.58. The normalized spacial score (nSPS) is 10.4. The Hall–Kier alpha value is -3.33. The second kappa shape index (κ2) is 7.97. The lowest BCUT2D eigenvalue weighted by Crippen LogP contribution is -2.29. The Kier molecular flexibility index (Phi) is 5.27. The van der Waals surface area contributed by atoms with Crippen LogP contribution in [0.25, 0.3) is 11.0 Å². The van der Waals surface area contributed by atoms with Gasteiger partial charge in [0.2, 0.25) is 0 Å². The van der Waals surface area contributed by atoms with Crippen molar-refractivity contribution in [2.45, 2.75) is 12.8 Å². The highest BCUT2D eigenvalue weighted by molar-refractivity contribution is 5.77. The van der Waals surface area contributed by atoms with E-state index < -0.39 is 0 Å². The van der Waals surface area contributed by atoms with Crippen LogP contribution in [0.4, 0.5) is 0 Å². The zero-order valence-electron chi connectivity index (χ0n) is 13.7. The van der Waals surface area contributed by atoms with Crippen molar-refractivity contribution in [3.8, 4) is 11.8 Å². The largest absolute Gasteiger partial charge is 0.484 e. The maximum atomic E-state index is 11.8. The second-order valence-electron chi connectivity index (χ2n) is 5.58. The van der Waals surface area contributed by atoms with E-state index in [0.717, 1.165) is 29.7 Å². The number of ether oxygens (including phenoxy) is 1. The number of nitrogens with one attached hydrogen (secondary N) is 2. The first-order chi connectivity index (χ1) is 12.2. The van der Waals surface area contributed by atoms with Crippen molar-refractivity contribution in [3.63, 3.8) is 0 Å². The highest BCUT2D eigenvalue weighted by Crippen LogP contribution is 2.12. The van der Waals surface area contributed by atoms with E-state index in [0.29, 0.717) is 17.9 Å². The van der Waals surface area contributed by atoms with Gasteiger partial charge in [-0.15, -0.1) is 0 Å². The summed E-state index contributed by atoms with van der Waals surface area (Å²) >= 11 is 0. The number of fused-ring (bicyclic) bond motifs is 1. The van der Waals surface area contributed by atoms with Crippen LogP contribution < -0.4 is 10.1 Å². The van der Waals surface area contributed by atoms with Crippen molar-refractivity contribution in [2.24, 2.45) is 0 Å². The summed E-state index contributed by atoms with van der Waals surface area (Å²) < 4.78 is 5.38. The van der Waals surface area contributed by atoms with Crippen LogP contribution in [0.15, 0.2) is 48.5 Å². The summed E-state index contributed by atoms with van der Waals surface area (Å²) in [6, 6.07) is 16.6. The summed E-state index contributed by atoms with van der Waals surface area (Å²) in [6.45, 7) is 0.517. The number of aromatic nitrogens is 2. The number of carbonyl (C=O) groups is 1. The van der Waals surface area contributed by atoms with E-state index in [1.807, 2.05) is 30.3 Å². The molecule has 2 N–H and O–H groups in total. The molecule has 6 nitrogen and oxygen atoms in total. The molecule has 2 aromatic carbocycles. The average molecular weight is 334 g/mol.